The van der Waals surface area contributed by atoms with Crippen LogP contribution in [-0.4, -0.2) is 34.0 Å². The lowest BCUT2D eigenvalue weighted by atomic mass is 10.0. The van der Waals surface area contributed by atoms with E-state index in [0.717, 1.165) is 33.8 Å². The van der Waals surface area contributed by atoms with Gasteiger partial charge in [-0.3, -0.25) is 9.59 Å². The van der Waals surface area contributed by atoms with Gasteiger partial charge in [0.15, 0.2) is 5.76 Å². The van der Waals surface area contributed by atoms with Crippen molar-refractivity contribution in [2.24, 2.45) is 0 Å². The number of carboxylic acid groups (broad SMARTS) is 2. The summed E-state index contributed by atoms with van der Waals surface area (Å²) in [6, 6.07) is 35.0. The number of aryl methyl sites for hydroxylation is 1. The second-order valence-corrected chi connectivity index (χ2v) is 15.9. The molecule has 4 N–H and O–H groups in total. The molecule has 0 bridgehead atoms. The molecule has 0 radical (unpaired) electrons. The summed E-state index contributed by atoms with van der Waals surface area (Å²) in [4.78, 5) is 49.3. The first-order valence-corrected chi connectivity index (χ1v) is 20.6. The summed E-state index contributed by atoms with van der Waals surface area (Å²) in [5, 5.41) is 30.4. The van der Waals surface area contributed by atoms with Crippen LogP contribution in [0.3, 0.4) is 0 Å². The fourth-order valence-corrected chi connectivity index (χ4v) is 8.32. The number of hydrogen-bond acceptors (Lipinski definition) is 8. The highest BCUT2D eigenvalue weighted by atomic mass is 35.5. The number of halogens is 3. The van der Waals surface area contributed by atoms with E-state index in [1.54, 1.807) is 103 Å². The van der Waals surface area contributed by atoms with E-state index >= 15 is 0 Å². The molecule has 60 heavy (non-hydrogen) atoms. The molecule has 0 aliphatic heterocycles. The highest BCUT2D eigenvalue weighted by Gasteiger charge is 2.25. The van der Waals surface area contributed by atoms with Crippen molar-refractivity contribution in [2.45, 2.75) is 6.92 Å². The van der Waals surface area contributed by atoms with Crippen LogP contribution < -0.4 is 10.6 Å². The van der Waals surface area contributed by atoms with Crippen LogP contribution in [0.1, 0.15) is 47.4 Å². The second-order valence-electron chi connectivity index (χ2n) is 12.9. The van der Waals surface area contributed by atoms with Crippen LogP contribution in [0.25, 0.3) is 44.9 Å². The van der Waals surface area contributed by atoms with Crippen molar-refractivity contribution in [3.05, 3.63) is 175 Å². The predicted molar refractivity (Wildman–Crippen MR) is 237 cm³/mol. The van der Waals surface area contributed by atoms with Gasteiger partial charge in [0.25, 0.3) is 11.8 Å². The van der Waals surface area contributed by atoms with E-state index in [2.05, 4.69) is 10.6 Å². The number of hydrogen-bond donors (Lipinski definition) is 4. The van der Waals surface area contributed by atoms with E-state index in [0.29, 0.717) is 60.2 Å². The van der Waals surface area contributed by atoms with Gasteiger partial charge >= 0.3 is 11.9 Å². The number of carboxylic acids is 2. The minimum absolute atomic E-state index is 0.0140. The number of furan rings is 2. The lowest BCUT2D eigenvalue weighted by molar-refractivity contribution is 0.0688. The predicted octanol–water partition coefficient (Wildman–Crippen LogP) is 13.5. The molecule has 0 spiro atoms. The van der Waals surface area contributed by atoms with E-state index in [1.807, 2.05) is 30.3 Å². The van der Waals surface area contributed by atoms with Gasteiger partial charge in [0.1, 0.15) is 38.4 Å². The molecule has 0 saturated carbocycles. The third-order valence-corrected chi connectivity index (χ3v) is 11.5. The second kappa shape index (κ2) is 18.2. The van der Waals surface area contributed by atoms with Crippen molar-refractivity contribution in [1.82, 2.24) is 0 Å². The molecule has 300 valence electrons. The highest BCUT2D eigenvalue weighted by Crippen LogP contribution is 2.38. The van der Waals surface area contributed by atoms with Crippen molar-refractivity contribution in [3.8, 4) is 44.9 Å². The normalized spacial score (nSPS) is 10.7. The van der Waals surface area contributed by atoms with Gasteiger partial charge < -0.3 is 29.7 Å². The molecule has 4 aromatic heterocycles. The van der Waals surface area contributed by atoms with Crippen LogP contribution in [0.2, 0.25) is 15.1 Å². The zero-order valence-corrected chi connectivity index (χ0v) is 34.9. The summed E-state index contributed by atoms with van der Waals surface area (Å²) >= 11 is 20.0. The van der Waals surface area contributed by atoms with Gasteiger partial charge in [-0.1, -0.05) is 89.4 Å². The molecule has 0 unspecified atom stereocenters. The lowest BCUT2D eigenvalue weighted by Crippen LogP contribution is -2.13. The third-order valence-electron chi connectivity index (χ3n) is 8.95. The Morgan fingerprint density at radius 3 is 1.47 bits per heavy atom. The quantitative estimate of drug-likeness (QED) is 0.106. The Labute approximate surface area is 365 Å². The zero-order valence-electron chi connectivity index (χ0n) is 31.0. The number of carbonyl (C=O) groups excluding carboxylic acids is 2. The SMILES string of the molecule is Cc1oc(-c2ccccc2)cc1C(=O)Nc1scc(-c2ccc(Cl)cc2)c1C(=O)O.O=C(Nc1scc(-c2ccc(Cl)cc2)c1C(=O)O)c1ccc(-c2ccc(Cl)cc2)o1. The molecule has 15 heteroatoms. The van der Waals surface area contributed by atoms with E-state index in [-0.39, 0.29) is 26.9 Å². The van der Waals surface area contributed by atoms with Crippen molar-refractivity contribution in [1.29, 1.82) is 0 Å². The number of rotatable bonds is 10. The molecule has 0 aliphatic rings. The highest BCUT2D eigenvalue weighted by molar-refractivity contribution is 7.15. The topological polar surface area (TPSA) is 159 Å². The van der Waals surface area contributed by atoms with Gasteiger partial charge in [-0.15, -0.1) is 22.7 Å². The first kappa shape index (κ1) is 41.7. The fourth-order valence-electron chi connectivity index (χ4n) is 6.02. The van der Waals surface area contributed by atoms with E-state index < -0.39 is 23.8 Å². The number of thiophene rings is 2. The summed E-state index contributed by atoms with van der Waals surface area (Å²) in [7, 11) is 0. The van der Waals surface area contributed by atoms with Gasteiger partial charge in [0.05, 0.1) is 5.56 Å². The number of benzene rings is 4. The summed E-state index contributed by atoms with van der Waals surface area (Å²) in [6.07, 6.45) is 0. The molecule has 4 heterocycles. The number of anilines is 2. The molecular formula is C45H29Cl3N2O8S2. The molecule has 10 nitrogen and oxygen atoms in total. The molecule has 8 aromatic rings. The van der Waals surface area contributed by atoms with Crippen molar-refractivity contribution in [2.75, 3.05) is 10.6 Å². The zero-order chi connectivity index (χ0) is 42.5. The average molecular weight is 896 g/mol. The summed E-state index contributed by atoms with van der Waals surface area (Å²) in [5.74, 6) is -1.63. The Morgan fingerprint density at radius 1 is 0.533 bits per heavy atom. The molecular weight excluding hydrogens is 867 g/mol. The molecule has 4 aromatic carbocycles. The van der Waals surface area contributed by atoms with Crippen LogP contribution in [0.4, 0.5) is 10.0 Å². The number of nitrogens with one attached hydrogen (secondary N) is 2. The summed E-state index contributed by atoms with van der Waals surface area (Å²) < 4.78 is 11.4. The Balaban J connectivity index is 0.000000181. The fraction of sp³-hybridized carbons (Fsp3) is 0.0222. The Bertz CT molecular complexity index is 2840. The van der Waals surface area contributed by atoms with Gasteiger partial charge in [-0.25, -0.2) is 9.59 Å². The minimum Gasteiger partial charge on any atom is -0.478 e. The first-order valence-electron chi connectivity index (χ1n) is 17.7. The number of aromatic carboxylic acids is 2. The standard InChI is InChI=1S/C23H16ClNO4S.C22H13Cl2NO4S/c1-13-17(11-19(29-13)15-5-3-2-4-6-15)21(26)25-22-20(23(27)28)18(12-30-22)14-7-9-16(24)10-8-14;23-14-5-1-12(2-6-14)16-11-30-21(19(16)22(27)28)25-20(26)18-10-9-17(29-18)13-3-7-15(24)8-4-13/h2-12H,1H3,(H,25,26)(H,27,28);1-11H,(H,25,26)(H,27,28). The smallest absolute Gasteiger partial charge is 0.339 e. The van der Waals surface area contributed by atoms with E-state index in [4.69, 9.17) is 43.6 Å². The van der Waals surface area contributed by atoms with Crippen LogP contribution in [0.5, 0.6) is 0 Å². The summed E-state index contributed by atoms with van der Waals surface area (Å²) in [5.41, 5.74) is 4.45. The van der Waals surface area contributed by atoms with Crippen LogP contribution in [0.15, 0.2) is 141 Å². The van der Waals surface area contributed by atoms with E-state index in [9.17, 15) is 29.4 Å². The van der Waals surface area contributed by atoms with Gasteiger partial charge in [-0.05, 0) is 84.8 Å². The van der Waals surface area contributed by atoms with Gasteiger partial charge in [-0.2, -0.15) is 0 Å². The van der Waals surface area contributed by atoms with Gasteiger partial charge in [0, 0.05) is 48.1 Å². The Morgan fingerprint density at radius 2 is 0.983 bits per heavy atom. The average Bonchev–Trinajstić information content (AvgIpc) is 4.06. The molecule has 0 atom stereocenters. The van der Waals surface area contributed by atoms with Crippen molar-refractivity contribution >= 4 is 91.2 Å². The van der Waals surface area contributed by atoms with Crippen LogP contribution in [-0.2, 0) is 0 Å². The monoisotopic (exact) mass is 894 g/mol. The molecule has 0 saturated heterocycles. The summed E-state index contributed by atoms with van der Waals surface area (Å²) in [6.45, 7) is 1.70. The first-order chi connectivity index (χ1) is 28.9. The Kier molecular flexibility index (Phi) is 12.7. The maximum Gasteiger partial charge on any atom is 0.339 e. The number of amides is 2. The molecule has 2 amide bonds. The molecule has 0 fully saturated rings. The Hall–Kier alpha value is -6.41. The maximum absolute atomic E-state index is 12.9. The number of carbonyl (C=O) groups is 4. The van der Waals surface area contributed by atoms with Crippen LogP contribution >= 0.6 is 57.5 Å². The molecule has 0 aliphatic carbocycles. The minimum atomic E-state index is -1.14. The molecule has 8 rings (SSSR count). The van der Waals surface area contributed by atoms with Crippen molar-refractivity contribution < 1.29 is 38.2 Å². The van der Waals surface area contributed by atoms with Crippen LogP contribution in [0, 0.1) is 6.92 Å². The van der Waals surface area contributed by atoms with Crippen molar-refractivity contribution in [3.63, 3.8) is 0 Å². The maximum atomic E-state index is 12.9. The third kappa shape index (κ3) is 9.39. The van der Waals surface area contributed by atoms with E-state index in [1.165, 1.54) is 6.07 Å². The lowest BCUT2D eigenvalue weighted by Gasteiger charge is -2.05. The largest absolute Gasteiger partial charge is 0.478 e. The van der Waals surface area contributed by atoms with Gasteiger partial charge in [0.2, 0.25) is 0 Å².